The van der Waals surface area contributed by atoms with Gasteiger partial charge >= 0.3 is 0 Å². The Balaban J connectivity index is 1.50. The molecule has 3 rings (SSSR count). The maximum atomic E-state index is 9.81. The number of benzene rings is 2. The van der Waals surface area contributed by atoms with Gasteiger partial charge in [0.25, 0.3) is 0 Å². The molecule has 0 saturated heterocycles. The summed E-state index contributed by atoms with van der Waals surface area (Å²) in [7, 11) is 0. The van der Waals surface area contributed by atoms with Crippen molar-refractivity contribution in [3.63, 3.8) is 0 Å². The number of nitrogens with zero attached hydrogens (tertiary/aromatic N) is 1. The van der Waals surface area contributed by atoms with Crippen LogP contribution < -0.4 is 4.74 Å². The highest BCUT2D eigenvalue weighted by molar-refractivity contribution is 5.64. The number of rotatable bonds is 16. The van der Waals surface area contributed by atoms with Crippen LogP contribution in [0.1, 0.15) is 122 Å². The minimum Gasteiger partial charge on any atom is -0.494 e. The Morgan fingerprint density at radius 3 is 2.03 bits per heavy atom. The van der Waals surface area contributed by atoms with Crippen LogP contribution in [-0.2, 0) is 0 Å². The zero-order chi connectivity index (χ0) is 25.4. The van der Waals surface area contributed by atoms with Gasteiger partial charge in [-0.1, -0.05) is 108 Å². The van der Waals surface area contributed by atoms with E-state index in [0.717, 1.165) is 31.6 Å². The third kappa shape index (κ3) is 9.31. The molecule has 2 heteroatoms. The summed E-state index contributed by atoms with van der Waals surface area (Å²) in [6, 6.07) is 20.4. The smallest absolute Gasteiger partial charge is 0.119 e. The lowest BCUT2D eigenvalue weighted by Crippen LogP contribution is -2.17. The summed E-state index contributed by atoms with van der Waals surface area (Å²) >= 11 is 0. The summed E-state index contributed by atoms with van der Waals surface area (Å²) in [6.45, 7) is 5.35. The van der Waals surface area contributed by atoms with Gasteiger partial charge in [-0.2, -0.15) is 5.26 Å². The molecule has 196 valence electrons. The molecular weight excluding hydrogens is 438 g/mol. The molecule has 0 aliphatic heterocycles. The van der Waals surface area contributed by atoms with Crippen molar-refractivity contribution < 1.29 is 4.74 Å². The minimum atomic E-state index is 0.241. The van der Waals surface area contributed by atoms with Crippen molar-refractivity contribution in [3.8, 4) is 22.9 Å². The van der Waals surface area contributed by atoms with Crippen molar-refractivity contribution in [2.45, 2.75) is 116 Å². The van der Waals surface area contributed by atoms with Crippen LogP contribution in [0.4, 0.5) is 0 Å². The fraction of sp³-hybridized carbons (Fsp3) is 0.618. The molecule has 36 heavy (non-hydrogen) atoms. The predicted octanol–water partition coefficient (Wildman–Crippen LogP) is 10.5. The Labute approximate surface area is 221 Å². The topological polar surface area (TPSA) is 33.0 Å². The van der Waals surface area contributed by atoms with Crippen LogP contribution in [0.15, 0.2) is 48.5 Å². The number of hydrogen-bond acceptors (Lipinski definition) is 2. The lowest BCUT2D eigenvalue weighted by molar-refractivity contribution is 0.272. The van der Waals surface area contributed by atoms with Crippen LogP contribution in [0, 0.1) is 23.2 Å². The zero-order valence-electron chi connectivity index (χ0n) is 23.0. The molecule has 0 bridgehead atoms. The van der Waals surface area contributed by atoms with Gasteiger partial charge in [0, 0.05) is 5.92 Å². The van der Waals surface area contributed by atoms with E-state index in [9.17, 15) is 5.26 Å². The van der Waals surface area contributed by atoms with Crippen LogP contribution in [-0.4, -0.2) is 6.61 Å². The first-order valence-electron chi connectivity index (χ1n) is 15.0. The van der Waals surface area contributed by atoms with Crippen molar-refractivity contribution in [1.82, 2.24) is 0 Å². The summed E-state index contributed by atoms with van der Waals surface area (Å²) in [5, 5.41) is 9.81. The fourth-order valence-electron chi connectivity index (χ4n) is 5.91. The van der Waals surface area contributed by atoms with E-state index in [4.69, 9.17) is 4.74 Å². The third-order valence-corrected chi connectivity index (χ3v) is 8.18. The number of ether oxygens (including phenoxy) is 1. The summed E-state index contributed by atoms with van der Waals surface area (Å²) in [5.74, 6) is 2.40. The van der Waals surface area contributed by atoms with Crippen molar-refractivity contribution in [3.05, 3.63) is 54.1 Å². The van der Waals surface area contributed by atoms with Gasteiger partial charge < -0.3 is 4.74 Å². The summed E-state index contributed by atoms with van der Waals surface area (Å²) in [6.07, 6.45) is 18.8. The fourth-order valence-corrected chi connectivity index (χ4v) is 5.91. The summed E-state index contributed by atoms with van der Waals surface area (Å²) in [5.41, 5.74) is 3.93. The lowest BCUT2D eigenvalue weighted by atomic mass is 9.77. The Morgan fingerprint density at radius 2 is 1.39 bits per heavy atom. The van der Waals surface area contributed by atoms with Gasteiger partial charge in [0.05, 0.1) is 12.7 Å². The standard InChI is InChI=1S/C34H49NO/c1-3-5-6-7-8-12-26-36-34-24-22-32(23-25-34)31-18-16-30(17-19-31)28(13-4-2)20-21-33(27-35)29-14-10-9-11-15-29/h16-19,22-25,28-29,33H,3-15,20-21,26H2,1-2H3/t28-,33?/m1/s1. The average Bonchev–Trinajstić information content (AvgIpc) is 2.93. The molecule has 1 unspecified atom stereocenters. The molecule has 0 aromatic heterocycles. The Morgan fingerprint density at radius 1 is 0.750 bits per heavy atom. The molecule has 1 fully saturated rings. The molecule has 1 aliphatic carbocycles. The minimum absolute atomic E-state index is 0.241. The van der Waals surface area contributed by atoms with Crippen molar-refractivity contribution in [2.75, 3.05) is 6.61 Å². The molecule has 0 amide bonds. The second kappa shape index (κ2) is 16.5. The van der Waals surface area contributed by atoms with Gasteiger partial charge in [-0.25, -0.2) is 0 Å². The Bertz CT molecular complexity index is 873. The average molecular weight is 488 g/mol. The van der Waals surface area contributed by atoms with Crippen molar-refractivity contribution >= 4 is 0 Å². The molecule has 0 N–H and O–H groups in total. The first kappa shape index (κ1) is 28.3. The van der Waals surface area contributed by atoms with Gasteiger partial charge in [-0.15, -0.1) is 0 Å². The quantitative estimate of drug-likeness (QED) is 0.221. The molecule has 2 atom stereocenters. The van der Waals surface area contributed by atoms with Gasteiger partial charge in [-0.05, 0) is 79.2 Å². The summed E-state index contributed by atoms with van der Waals surface area (Å²) in [4.78, 5) is 0. The second-order valence-electron chi connectivity index (χ2n) is 11.0. The number of unbranched alkanes of at least 4 members (excludes halogenated alkanes) is 5. The molecule has 2 aromatic carbocycles. The molecule has 2 nitrogen and oxygen atoms in total. The first-order valence-corrected chi connectivity index (χ1v) is 15.0. The molecule has 1 aliphatic rings. The van der Waals surface area contributed by atoms with Crippen LogP contribution in [0.5, 0.6) is 5.75 Å². The van der Waals surface area contributed by atoms with Crippen LogP contribution in [0.2, 0.25) is 0 Å². The van der Waals surface area contributed by atoms with E-state index >= 15 is 0 Å². The largest absolute Gasteiger partial charge is 0.494 e. The third-order valence-electron chi connectivity index (χ3n) is 8.18. The second-order valence-corrected chi connectivity index (χ2v) is 11.0. The van der Waals surface area contributed by atoms with E-state index in [2.05, 4.69) is 68.4 Å². The molecular formula is C34H49NO. The molecule has 0 heterocycles. The monoisotopic (exact) mass is 487 g/mol. The molecule has 0 spiro atoms. The van der Waals surface area contributed by atoms with Crippen LogP contribution in [0.3, 0.4) is 0 Å². The predicted molar refractivity (Wildman–Crippen MR) is 153 cm³/mol. The van der Waals surface area contributed by atoms with E-state index in [1.807, 2.05) is 0 Å². The molecule has 1 saturated carbocycles. The van der Waals surface area contributed by atoms with E-state index in [1.54, 1.807) is 0 Å². The van der Waals surface area contributed by atoms with Crippen molar-refractivity contribution in [1.29, 1.82) is 5.26 Å². The van der Waals surface area contributed by atoms with Gasteiger partial charge in [0.15, 0.2) is 0 Å². The van der Waals surface area contributed by atoms with Crippen LogP contribution in [0.25, 0.3) is 11.1 Å². The van der Waals surface area contributed by atoms with E-state index in [1.165, 1.54) is 93.7 Å². The number of hydrogen-bond donors (Lipinski definition) is 0. The van der Waals surface area contributed by atoms with Crippen LogP contribution >= 0.6 is 0 Å². The van der Waals surface area contributed by atoms with Gasteiger partial charge in [0.2, 0.25) is 0 Å². The first-order chi connectivity index (χ1) is 17.7. The number of nitriles is 1. The molecule has 2 aromatic rings. The van der Waals surface area contributed by atoms with Gasteiger partial charge in [-0.3, -0.25) is 0 Å². The van der Waals surface area contributed by atoms with E-state index in [0.29, 0.717) is 11.8 Å². The highest BCUT2D eigenvalue weighted by Crippen LogP contribution is 2.36. The Kier molecular flexibility index (Phi) is 12.9. The summed E-state index contributed by atoms with van der Waals surface area (Å²) < 4.78 is 5.96. The highest BCUT2D eigenvalue weighted by atomic mass is 16.5. The van der Waals surface area contributed by atoms with Gasteiger partial charge in [0.1, 0.15) is 5.75 Å². The zero-order valence-corrected chi connectivity index (χ0v) is 23.0. The van der Waals surface area contributed by atoms with Crippen molar-refractivity contribution in [2.24, 2.45) is 11.8 Å². The lowest BCUT2D eigenvalue weighted by Gasteiger charge is -2.27. The van der Waals surface area contributed by atoms with E-state index < -0.39 is 0 Å². The highest BCUT2D eigenvalue weighted by Gasteiger charge is 2.24. The SMILES string of the molecule is CCCCCCCCOc1ccc(-c2ccc([C@H](CCC)CCC(C#N)C3CCCCC3)cc2)cc1. The normalized spacial score (nSPS) is 15.8. The molecule has 0 radical (unpaired) electrons. The maximum absolute atomic E-state index is 9.81. The maximum Gasteiger partial charge on any atom is 0.119 e. The Hall–Kier alpha value is -2.27. The van der Waals surface area contributed by atoms with E-state index in [-0.39, 0.29) is 5.92 Å².